The summed E-state index contributed by atoms with van der Waals surface area (Å²) in [5.74, 6) is 0.0162. The maximum Gasteiger partial charge on any atom is 0.257 e. The van der Waals surface area contributed by atoms with Gasteiger partial charge < -0.3 is 4.90 Å². The highest BCUT2D eigenvalue weighted by atomic mass is 35.7. The lowest BCUT2D eigenvalue weighted by atomic mass is 10.1. The molecule has 1 atom stereocenters. The van der Waals surface area contributed by atoms with Crippen molar-refractivity contribution in [2.75, 3.05) is 19.6 Å². The van der Waals surface area contributed by atoms with Crippen molar-refractivity contribution in [2.24, 2.45) is 5.92 Å². The van der Waals surface area contributed by atoms with Crippen LogP contribution in [0.2, 0.25) is 0 Å². The molecule has 1 fully saturated rings. The summed E-state index contributed by atoms with van der Waals surface area (Å²) in [4.78, 5) is 2.36. The molecule has 5 heteroatoms. The van der Waals surface area contributed by atoms with Crippen LogP contribution in [0.25, 0.3) is 0 Å². The van der Waals surface area contributed by atoms with Crippen molar-refractivity contribution in [1.29, 1.82) is 0 Å². The summed E-state index contributed by atoms with van der Waals surface area (Å²) in [7, 11) is 1.64. The van der Waals surface area contributed by atoms with Gasteiger partial charge in [-0.15, -0.1) is 0 Å². The van der Waals surface area contributed by atoms with Crippen LogP contribution in [0.4, 0.5) is 0 Å². The monoisotopic (exact) mass is 223 g/mol. The zero-order valence-corrected chi connectivity index (χ0v) is 9.24. The highest BCUT2D eigenvalue weighted by molar-refractivity contribution is 8.16. The summed E-state index contributed by atoms with van der Waals surface area (Å²) in [5, 5.41) is 0. The lowest BCUT2D eigenvalue weighted by Crippen LogP contribution is -2.20. The topological polar surface area (TPSA) is 37.4 Å². The Morgan fingerprint density at radius 2 is 2.31 bits per heavy atom. The number of hydrogen-bond donors (Lipinski definition) is 0. The van der Waals surface area contributed by atoms with Crippen molar-refractivity contribution in [1.82, 2.24) is 4.90 Å². The van der Waals surface area contributed by atoms with Gasteiger partial charge in [-0.05, 0) is 19.5 Å². The smallest absolute Gasteiger partial charge is 0.257 e. The van der Waals surface area contributed by atoms with Gasteiger partial charge in [-0.2, -0.15) is 0 Å². The average molecular weight is 224 g/mol. The first kappa shape index (κ1) is 11.0. The summed E-state index contributed by atoms with van der Waals surface area (Å²) in [6.07, 6.45) is 0.846. The van der Waals surface area contributed by atoms with E-state index in [0.29, 0.717) is 0 Å². The first-order chi connectivity index (χ1) is 5.95. The second-order valence-electron chi connectivity index (χ2n) is 3.28. The lowest BCUT2D eigenvalue weighted by molar-refractivity contribution is 0.350. The summed E-state index contributed by atoms with van der Waals surface area (Å²) < 4.78 is 21.9. The molecule has 3 nitrogen and oxygen atoms in total. The minimum Gasteiger partial charge on any atom is -0.303 e. The molecule has 0 aromatic heterocycles. The molecule has 0 aliphatic carbocycles. The molecule has 1 saturated heterocycles. The van der Waals surface area contributed by atoms with Gasteiger partial charge in [-0.1, -0.05) is 13.5 Å². The van der Waals surface area contributed by atoms with E-state index < -0.39 is 9.05 Å². The van der Waals surface area contributed by atoms with Crippen LogP contribution >= 0.6 is 10.7 Å². The summed E-state index contributed by atoms with van der Waals surface area (Å²) >= 11 is 0. The van der Waals surface area contributed by atoms with E-state index in [-0.39, 0.29) is 10.8 Å². The van der Waals surface area contributed by atoms with Gasteiger partial charge in [0, 0.05) is 23.1 Å². The first-order valence-corrected chi connectivity index (χ1v) is 6.62. The van der Waals surface area contributed by atoms with E-state index >= 15 is 0 Å². The molecule has 1 rings (SSSR count). The van der Waals surface area contributed by atoms with Crippen molar-refractivity contribution in [2.45, 2.75) is 13.3 Å². The van der Waals surface area contributed by atoms with Crippen molar-refractivity contribution >= 4 is 19.7 Å². The number of rotatable bonds is 3. The molecule has 13 heavy (non-hydrogen) atoms. The van der Waals surface area contributed by atoms with Crippen molar-refractivity contribution in [3.63, 3.8) is 0 Å². The molecular formula is C8H14ClNO2S. The molecule has 0 bridgehead atoms. The third-order valence-corrected chi connectivity index (χ3v) is 4.04. The molecule has 0 aromatic rings. The Balaban J connectivity index is 2.62. The fourth-order valence-corrected chi connectivity index (χ4v) is 2.55. The van der Waals surface area contributed by atoms with Gasteiger partial charge in [0.15, 0.2) is 0 Å². The maximum atomic E-state index is 11.0. The van der Waals surface area contributed by atoms with Gasteiger partial charge in [-0.3, -0.25) is 0 Å². The van der Waals surface area contributed by atoms with E-state index in [1.54, 1.807) is 0 Å². The Labute approximate surface area is 83.8 Å². The molecule has 0 spiro atoms. The quantitative estimate of drug-likeness (QED) is 0.679. The van der Waals surface area contributed by atoms with Gasteiger partial charge in [0.25, 0.3) is 9.05 Å². The Morgan fingerprint density at radius 1 is 1.69 bits per heavy atom. The number of hydrogen-bond acceptors (Lipinski definition) is 3. The fourth-order valence-electron chi connectivity index (χ4n) is 1.58. The number of nitrogens with zero attached hydrogens (tertiary/aromatic N) is 1. The second-order valence-corrected chi connectivity index (χ2v) is 5.90. The number of halogens is 1. The maximum absolute atomic E-state index is 11.0. The third kappa shape index (κ3) is 2.69. The first-order valence-electron chi connectivity index (χ1n) is 4.31. The van der Waals surface area contributed by atoms with Gasteiger partial charge >= 0.3 is 0 Å². The van der Waals surface area contributed by atoms with E-state index in [1.807, 2.05) is 0 Å². The highest BCUT2D eigenvalue weighted by Gasteiger charge is 2.28. The van der Waals surface area contributed by atoms with Crippen LogP contribution in [0.5, 0.6) is 0 Å². The van der Waals surface area contributed by atoms with Crippen LogP contribution < -0.4 is 0 Å². The Morgan fingerprint density at radius 3 is 2.69 bits per heavy atom. The third-order valence-electron chi connectivity index (χ3n) is 2.49. The van der Waals surface area contributed by atoms with Gasteiger partial charge in [0.1, 0.15) is 0 Å². The van der Waals surface area contributed by atoms with Gasteiger partial charge in [0.2, 0.25) is 0 Å². The Hall–Kier alpha value is -0.0600. The molecule has 0 amide bonds. The minimum atomic E-state index is -3.57. The molecule has 1 aliphatic rings. The van der Waals surface area contributed by atoms with Crippen LogP contribution in [-0.4, -0.2) is 33.0 Å². The predicted octanol–water partition coefficient (Wildman–Crippen LogP) is 1.41. The van der Waals surface area contributed by atoms with Crippen LogP contribution in [0.3, 0.4) is 0 Å². The zero-order valence-electron chi connectivity index (χ0n) is 7.66. The highest BCUT2D eigenvalue weighted by Crippen LogP contribution is 2.27. The fraction of sp³-hybridized carbons (Fsp3) is 0.750. The normalized spacial score (nSPS) is 24.9. The van der Waals surface area contributed by atoms with Crippen LogP contribution in [0.1, 0.15) is 13.3 Å². The van der Waals surface area contributed by atoms with E-state index in [2.05, 4.69) is 18.4 Å². The molecule has 0 saturated carbocycles. The van der Waals surface area contributed by atoms with Gasteiger partial charge in [-0.25, -0.2) is 8.42 Å². The standard InChI is InChI=1S/C8H14ClNO2S/c1-3-10-5-4-8(6-10)7(2)13(9,11)12/h8H,2-6H2,1H3. The van der Waals surface area contributed by atoms with Crippen molar-refractivity contribution in [3.05, 3.63) is 11.5 Å². The van der Waals surface area contributed by atoms with E-state index in [9.17, 15) is 8.42 Å². The second kappa shape index (κ2) is 3.98. The molecular weight excluding hydrogens is 210 g/mol. The summed E-state index contributed by atoms with van der Waals surface area (Å²) in [6, 6.07) is 0. The molecule has 1 unspecified atom stereocenters. The molecule has 0 aromatic carbocycles. The average Bonchev–Trinajstić information content (AvgIpc) is 2.48. The van der Waals surface area contributed by atoms with E-state index in [1.165, 1.54) is 0 Å². The lowest BCUT2D eigenvalue weighted by Gasteiger charge is -2.13. The predicted molar refractivity (Wildman–Crippen MR) is 54.1 cm³/mol. The number of likely N-dealkylation sites (tertiary alicyclic amines) is 1. The summed E-state index contributed by atoms with van der Waals surface area (Å²) in [6.45, 7) is 8.24. The molecule has 1 heterocycles. The van der Waals surface area contributed by atoms with Crippen molar-refractivity contribution in [3.8, 4) is 0 Å². The summed E-state index contributed by atoms with van der Waals surface area (Å²) in [5.41, 5.74) is 0. The molecule has 1 aliphatic heterocycles. The zero-order chi connectivity index (χ0) is 10.1. The van der Waals surface area contributed by atoms with E-state index in [0.717, 1.165) is 26.1 Å². The molecule has 0 radical (unpaired) electrons. The minimum absolute atomic E-state index is 0.0162. The van der Waals surface area contributed by atoms with Crippen LogP contribution in [-0.2, 0) is 9.05 Å². The van der Waals surface area contributed by atoms with Crippen LogP contribution in [0.15, 0.2) is 11.5 Å². The van der Waals surface area contributed by atoms with Crippen LogP contribution in [0, 0.1) is 5.92 Å². The van der Waals surface area contributed by atoms with Crippen molar-refractivity contribution < 1.29 is 8.42 Å². The molecule has 0 N–H and O–H groups in total. The SMILES string of the molecule is C=C(C1CCN(CC)C1)S(=O)(=O)Cl. The Kier molecular flexibility index (Phi) is 3.38. The van der Waals surface area contributed by atoms with E-state index in [4.69, 9.17) is 10.7 Å². The van der Waals surface area contributed by atoms with Gasteiger partial charge in [0.05, 0.1) is 4.91 Å². The largest absolute Gasteiger partial charge is 0.303 e. The Bertz CT molecular complexity index is 299. The molecule has 76 valence electrons.